The lowest BCUT2D eigenvalue weighted by molar-refractivity contribution is -0.137. The Bertz CT molecular complexity index is 1190. The summed E-state index contributed by atoms with van der Waals surface area (Å²) in [7, 11) is 0. The van der Waals surface area contributed by atoms with Gasteiger partial charge in [-0.05, 0) is 42.5 Å². The molecule has 6 nitrogen and oxygen atoms in total. The number of nitrogens with zero attached hydrogens (tertiary/aromatic N) is 3. The second-order valence-corrected chi connectivity index (χ2v) is 9.99. The molecule has 9 heteroatoms. The first-order valence-corrected chi connectivity index (χ1v) is 12.6. The molecule has 2 unspecified atom stereocenters. The second kappa shape index (κ2) is 10.6. The number of aliphatic hydroxyl groups excluding tert-OH is 1. The lowest BCUT2D eigenvalue weighted by Crippen LogP contribution is -2.51. The molecule has 3 aromatic rings. The maximum absolute atomic E-state index is 13.4. The SMILES string of the molecule is O=C(N1CCC(O)CC1)N1CC(c2ccc(C(F)(F)F)cc2)CC(c2nc(Cc3ccccc3)co2)C1. The van der Waals surface area contributed by atoms with E-state index >= 15 is 0 Å². The van der Waals surface area contributed by atoms with Crippen molar-refractivity contribution in [3.05, 3.63) is 89.1 Å². The number of alkyl halides is 3. The minimum absolute atomic E-state index is 0.121. The molecule has 0 radical (unpaired) electrons. The van der Waals surface area contributed by atoms with Gasteiger partial charge < -0.3 is 19.3 Å². The number of carbonyl (C=O) groups is 1. The zero-order chi connectivity index (χ0) is 26.0. The van der Waals surface area contributed by atoms with Gasteiger partial charge in [0.05, 0.1) is 23.3 Å². The van der Waals surface area contributed by atoms with E-state index in [4.69, 9.17) is 9.40 Å². The zero-order valence-corrected chi connectivity index (χ0v) is 20.4. The van der Waals surface area contributed by atoms with Crippen molar-refractivity contribution in [3.63, 3.8) is 0 Å². The Morgan fingerprint density at radius 3 is 2.32 bits per heavy atom. The highest BCUT2D eigenvalue weighted by Gasteiger charge is 2.37. The van der Waals surface area contributed by atoms with Crippen LogP contribution >= 0.6 is 0 Å². The van der Waals surface area contributed by atoms with Gasteiger partial charge in [0.25, 0.3) is 0 Å². The van der Waals surface area contributed by atoms with Crippen LogP contribution in [-0.2, 0) is 12.6 Å². The van der Waals surface area contributed by atoms with Gasteiger partial charge in [0.2, 0.25) is 0 Å². The number of hydrogen-bond acceptors (Lipinski definition) is 4. The van der Waals surface area contributed by atoms with Crippen molar-refractivity contribution in [1.82, 2.24) is 14.8 Å². The van der Waals surface area contributed by atoms with Crippen LogP contribution in [0, 0.1) is 0 Å². The zero-order valence-electron chi connectivity index (χ0n) is 20.4. The monoisotopic (exact) mass is 513 g/mol. The van der Waals surface area contributed by atoms with Crippen LogP contribution in [0.5, 0.6) is 0 Å². The smallest absolute Gasteiger partial charge is 0.416 e. The van der Waals surface area contributed by atoms with Crippen molar-refractivity contribution in [3.8, 4) is 0 Å². The van der Waals surface area contributed by atoms with E-state index in [1.165, 1.54) is 12.1 Å². The molecule has 37 heavy (non-hydrogen) atoms. The van der Waals surface area contributed by atoms with Crippen molar-refractivity contribution in [2.24, 2.45) is 0 Å². The summed E-state index contributed by atoms with van der Waals surface area (Å²) in [6, 6.07) is 15.0. The summed E-state index contributed by atoms with van der Waals surface area (Å²) in [5, 5.41) is 9.84. The third-order valence-corrected chi connectivity index (χ3v) is 7.31. The Labute approximate surface area is 213 Å². The molecule has 2 aromatic carbocycles. The molecule has 2 aliphatic heterocycles. The first kappa shape index (κ1) is 25.3. The van der Waals surface area contributed by atoms with Crippen LogP contribution in [0.15, 0.2) is 65.3 Å². The Kier molecular flexibility index (Phi) is 7.24. The highest BCUT2D eigenvalue weighted by Crippen LogP contribution is 2.38. The molecule has 2 saturated heterocycles. The highest BCUT2D eigenvalue weighted by atomic mass is 19.4. The van der Waals surface area contributed by atoms with Gasteiger partial charge in [0.15, 0.2) is 5.89 Å². The number of rotatable bonds is 4. The number of amides is 2. The standard InChI is InChI=1S/C28H30F3N3O3/c29-28(30,31)23-8-6-20(7-9-23)21-15-22(17-34(16-21)27(36)33-12-10-25(35)11-13-33)26-32-24(18-37-26)14-19-4-2-1-3-5-19/h1-9,18,21-22,25,35H,10-17H2. The molecule has 0 bridgehead atoms. The molecule has 2 aliphatic rings. The summed E-state index contributed by atoms with van der Waals surface area (Å²) in [5.74, 6) is 0.184. The van der Waals surface area contributed by atoms with Gasteiger partial charge in [-0.2, -0.15) is 13.2 Å². The average Bonchev–Trinajstić information content (AvgIpc) is 3.37. The summed E-state index contributed by atoms with van der Waals surface area (Å²) in [6.07, 6.45) is -0.850. The largest absolute Gasteiger partial charge is 0.448 e. The lowest BCUT2D eigenvalue weighted by atomic mass is 9.84. The fourth-order valence-electron chi connectivity index (χ4n) is 5.27. The Hall–Kier alpha value is -3.33. The molecule has 2 atom stereocenters. The molecule has 2 fully saturated rings. The summed E-state index contributed by atoms with van der Waals surface area (Å²) in [5.41, 5.74) is 1.96. The minimum Gasteiger partial charge on any atom is -0.448 e. The summed E-state index contributed by atoms with van der Waals surface area (Å²) >= 11 is 0. The highest BCUT2D eigenvalue weighted by molar-refractivity contribution is 5.75. The van der Waals surface area contributed by atoms with Gasteiger partial charge in [-0.25, -0.2) is 9.78 Å². The predicted octanol–water partition coefficient (Wildman–Crippen LogP) is 5.43. The Balaban J connectivity index is 1.37. The summed E-state index contributed by atoms with van der Waals surface area (Å²) in [6.45, 7) is 1.77. The van der Waals surface area contributed by atoms with E-state index in [0.29, 0.717) is 57.8 Å². The first-order valence-electron chi connectivity index (χ1n) is 12.6. The maximum atomic E-state index is 13.4. The molecule has 3 heterocycles. The van der Waals surface area contributed by atoms with Crippen LogP contribution in [-0.4, -0.2) is 58.2 Å². The van der Waals surface area contributed by atoms with Crippen molar-refractivity contribution in [2.45, 2.75) is 49.8 Å². The topological polar surface area (TPSA) is 69.8 Å². The Morgan fingerprint density at radius 1 is 0.973 bits per heavy atom. The number of aliphatic hydroxyl groups is 1. The van der Waals surface area contributed by atoms with E-state index in [2.05, 4.69) is 0 Å². The normalized spacial score (nSPS) is 21.3. The molecule has 0 aliphatic carbocycles. The maximum Gasteiger partial charge on any atom is 0.416 e. The number of halogens is 3. The van der Waals surface area contributed by atoms with Gasteiger partial charge in [-0.3, -0.25) is 0 Å². The number of likely N-dealkylation sites (tertiary alicyclic amines) is 2. The van der Waals surface area contributed by atoms with Gasteiger partial charge >= 0.3 is 12.2 Å². The number of benzene rings is 2. The molecule has 1 aromatic heterocycles. The molecular weight excluding hydrogens is 483 g/mol. The number of piperidine rings is 2. The van der Waals surface area contributed by atoms with E-state index < -0.39 is 17.8 Å². The number of oxazole rings is 1. The summed E-state index contributed by atoms with van der Waals surface area (Å²) in [4.78, 5) is 21.6. The van der Waals surface area contributed by atoms with Crippen molar-refractivity contribution in [2.75, 3.05) is 26.2 Å². The number of hydrogen-bond donors (Lipinski definition) is 1. The van der Waals surface area contributed by atoms with E-state index in [0.717, 1.165) is 29.0 Å². The van der Waals surface area contributed by atoms with Crippen LogP contribution in [0.25, 0.3) is 0 Å². The van der Waals surface area contributed by atoms with Crippen LogP contribution < -0.4 is 0 Å². The third kappa shape index (κ3) is 5.98. The van der Waals surface area contributed by atoms with Gasteiger partial charge in [-0.1, -0.05) is 42.5 Å². The predicted molar refractivity (Wildman–Crippen MR) is 131 cm³/mol. The van der Waals surface area contributed by atoms with E-state index in [-0.39, 0.29) is 17.9 Å². The fourth-order valence-corrected chi connectivity index (χ4v) is 5.27. The summed E-state index contributed by atoms with van der Waals surface area (Å²) < 4.78 is 45.2. The average molecular weight is 514 g/mol. The van der Waals surface area contributed by atoms with Crippen LogP contribution in [0.3, 0.4) is 0 Å². The third-order valence-electron chi connectivity index (χ3n) is 7.31. The van der Waals surface area contributed by atoms with E-state index in [1.54, 1.807) is 16.1 Å². The van der Waals surface area contributed by atoms with Crippen molar-refractivity contribution in [1.29, 1.82) is 0 Å². The molecule has 196 valence electrons. The minimum atomic E-state index is -4.40. The van der Waals surface area contributed by atoms with Crippen molar-refractivity contribution < 1.29 is 27.5 Å². The van der Waals surface area contributed by atoms with E-state index in [9.17, 15) is 23.1 Å². The molecule has 0 spiro atoms. The Morgan fingerprint density at radius 2 is 1.65 bits per heavy atom. The van der Waals surface area contributed by atoms with E-state index in [1.807, 2.05) is 30.3 Å². The van der Waals surface area contributed by atoms with Gasteiger partial charge in [0, 0.05) is 38.5 Å². The number of carbonyl (C=O) groups excluding carboxylic acids is 1. The second-order valence-electron chi connectivity index (χ2n) is 9.99. The molecule has 0 saturated carbocycles. The molecule has 5 rings (SSSR count). The molecular formula is C28H30F3N3O3. The molecule has 2 amide bonds. The van der Waals surface area contributed by atoms with Crippen LogP contribution in [0.2, 0.25) is 0 Å². The van der Waals surface area contributed by atoms with Crippen LogP contribution in [0.4, 0.5) is 18.0 Å². The lowest BCUT2D eigenvalue weighted by Gasteiger charge is -2.41. The molecule has 1 N–H and O–H groups in total. The quantitative estimate of drug-likeness (QED) is 0.505. The van der Waals surface area contributed by atoms with Gasteiger partial charge in [-0.15, -0.1) is 0 Å². The number of aromatic nitrogens is 1. The van der Waals surface area contributed by atoms with Gasteiger partial charge in [0.1, 0.15) is 6.26 Å². The fraction of sp³-hybridized carbons (Fsp3) is 0.429. The van der Waals surface area contributed by atoms with Crippen molar-refractivity contribution >= 4 is 6.03 Å². The van der Waals surface area contributed by atoms with Crippen LogP contribution in [0.1, 0.15) is 59.4 Å². The number of urea groups is 1. The first-order chi connectivity index (χ1) is 17.8.